The summed E-state index contributed by atoms with van der Waals surface area (Å²) in [5, 5.41) is 9.90. The topological polar surface area (TPSA) is 108 Å². The number of thioether (sulfide) groups is 1. The van der Waals surface area contributed by atoms with Gasteiger partial charge < -0.3 is 14.6 Å². The average Bonchev–Trinajstić information content (AvgIpc) is 3.01. The lowest BCUT2D eigenvalue weighted by atomic mass is 10.1. The van der Waals surface area contributed by atoms with E-state index in [2.05, 4.69) is 4.98 Å². The first-order valence-electron chi connectivity index (χ1n) is 8.05. The monoisotopic (exact) mass is 378 g/mol. The zero-order valence-corrected chi connectivity index (χ0v) is 15.1. The van der Waals surface area contributed by atoms with Crippen molar-refractivity contribution in [3.05, 3.63) is 34.1 Å². The number of rotatable bonds is 5. The molecule has 2 aromatic rings. The van der Waals surface area contributed by atoms with E-state index < -0.39 is 17.3 Å². The molecule has 0 unspecified atom stereocenters. The molecule has 9 heteroatoms. The third-order valence-corrected chi connectivity index (χ3v) is 5.16. The Morgan fingerprint density at radius 3 is 2.88 bits per heavy atom. The lowest BCUT2D eigenvalue weighted by Crippen LogP contribution is -2.28. The normalized spacial score (nSPS) is 18.0. The second-order valence-electron chi connectivity index (χ2n) is 5.95. The molecule has 0 amide bonds. The van der Waals surface area contributed by atoms with Crippen molar-refractivity contribution in [2.75, 3.05) is 13.7 Å². The highest BCUT2D eigenvalue weighted by Crippen LogP contribution is 2.29. The Bertz CT molecular complexity index is 923. The van der Waals surface area contributed by atoms with Crippen LogP contribution in [0.2, 0.25) is 0 Å². The number of fused-ring (bicyclic) bond motifs is 1. The van der Waals surface area contributed by atoms with Crippen molar-refractivity contribution in [2.45, 2.75) is 36.4 Å². The van der Waals surface area contributed by atoms with E-state index >= 15 is 0 Å². The fraction of sp³-hybridized carbons (Fsp3) is 0.412. The molecule has 0 aliphatic carbocycles. The van der Waals surface area contributed by atoms with Crippen LogP contribution >= 0.6 is 11.8 Å². The van der Waals surface area contributed by atoms with Gasteiger partial charge in [0.05, 0.1) is 42.8 Å². The average molecular weight is 378 g/mol. The van der Waals surface area contributed by atoms with Crippen LogP contribution in [0.3, 0.4) is 0 Å². The Labute approximate surface area is 153 Å². The summed E-state index contributed by atoms with van der Waals surface area (Å²) in [7, 11) is 1.27. The summed E-state index contributed by atoms with van der Waals surface area (Å²) in [6.07, 6.45) is -0.245. The van der Waals surface area contributed by atoms with E-state index in [1.54, 1.807) is 6.92 Å². The number of ether oxygens (including phenoxy) is 2. The number of esters is 2. The van der Waals surface area contributed by atoms with E-state index in [0.29, 0.717) is 29.1 Å². The number of aromatic nitrogens is 2. The second kappa shape index (κ2) is 7.46. The first-order valence-corrected chi connectivity index (χ1v) is 8.93. The molecule has 2 atom stereocenters. The maximum atomic E-state index is 12.9. The lowest BCUT2D eigenvalue weighted by molar-refractivity contribution is -0.137. The van der Waals surface area contributed by atoms with Gasteiger partial charge >= 0.3 is 11.9 Å². The number of methoxy groups -OCH3 is 1. The Kier molecular flexibility index (Phi) is 5.28. The number of nitrogens with zero attached hydrogens (tertiary/aromatic N) is 2. The minimum Gasteiger partial charge on any atom is -0.465 e. The molecule has 0 radical (unpaired) electrons. The molecular weight excluding hydrogens is 360 g/mol. The van der Waals surface area contributed by atoms with Gasteiger partial charge in [-0.15, -0.1) is 0 Å². The van der Waals surface area contributed by atoms with Crippen LogP contribution in [0.25, 0.3) is 10.9 Å². The minimum atomic E-state index is -0.767. The first-order chi connectivity index (χ1) is 12.4. The Morgan fingerprint density at radius 1 is 1.50 bits per heavy atom. The van der Waals surface area contributed by atoms with Crippen molar-refractivity contribution in [3.8, 4) is 0 Å². The third-order valence-electron chi connectivity index (χ3n) is 3.92. The first kappa shape index (κ1) is 18.4. The van der Waals surface area contributed by atoms with Gasteiger partial charge in [-0.3, -0.25) is 14.2 Å². The van der Waals surface area contributed by atoms with E-state index in [0.717, 1.165) is 11.8 Å². The number of benzene rings is 1. The fourth-order valence-corrected chi connectivity index (χ4v) is 3.74. The minimum absolute atomic E-state index is 0.0463. The highest BCUT2D eigenvalue weighted by atomic mass is 32.2. The summed E-state index contributed by atoms with van der Waals surface area (Å²) < 4.78 is 11.0. The van der Waals surface area contributed by atoms with Crippen LogP contribution in [-0.4, -0.2) is 51.7 Å². The van der Waals surface area contributed by atoms with Gasteiger partial charge in [0.1, 0.15) is 5.25 Å². The Balaban J connectivity index is 2.13. The molecule has 1 aromatic carbocycles. The van der Waals surface area contributed by atoms with Gasteiger partial charge in [-0.1, -0.05) is 11.8 Å². The zero-order chi connectivity index (χ0) is 18.8. The van der Waals surface area contributed by atoms with E-state index in [4.69, 9.17) is 9.47 Å². The smallest absolute Gasteiger partial charge is 0.337 e. The lowest BCUT2D eigenvalue weighted by Gasteiger charge is -2.16. The molecule has 1 fully saturated rings. The summed E-state index contributed by atoms with van der Waals surface area (Å²) >= 11 is 1.13. The summed E-state index contributed by atoms with van der Waals surface area (Å²) in [5.41, 5.74) is 0.256. The van der Waals surface area contributed by atoms with Crippen LogP contribution in [0.15, 0.2) is 28.2 Å². The van der Waals surface area contributed by atoms with Crippen molar-refractivity contribution in [2.24, 2.45) is 0 Å². The number of carbonyl (C=O) groups is 2. The summed E-state index contributed by atoms with van der Waals surface area (Å²) in [4.78, 5) is 40.8. The van der Waals surface area contributed by atoms with Gasteiger partial charge in [0.15, 0.2) is 5.16 Å². The molecular formula is C17H18N2O6S. The SMILES string of the molecule is COC(=O)c1ccc2c(=O)n(C[C@@H](C)O)c(S[C@H]3CCOC3=O)nc2c1. The largest absolute Gasteiger partial charge is 0.465 e. The summed E-state index contributed by atoms with van der Waals surface area (Å²) in [6.45, 7) is 1.94. The van der Waals surface area contributed by atoms with Crippen molar-refractivity contribution in [1.29, 1.82) is 0 Å². The van der Waals surface area contributed by atoms with E-state index in [1.165, 1.54) is 29.9 Å². The van der Waals surface area contributed by atoms with Crippen LogP contribution in [0, 0.1) is 0 Å². The third kappa shape index (κ3) is 3.58. The van der Waals surface area contributed by atoms with Crippen LogP contribution in [-0.2, 0) is 20.8 Å². The maximum Gasteiger partial charge on any atom is 0.337 e. The van der Waals surface area contributed by atoms with Crippen molar-refractivity contribution < 1.29 is 24.2 Å². The number of hydrogen-bond donors (Lipinski definition) is 1. The number of cyclic esters (lactones) is 1. The van der Waals surface area contributed by atoms with Crippen molar-refractivity contribution in [1.82, 2.24) is 9.55 Å². The number of aliphatic hydroxyl groups excluding tert-OH is 1. The van der Waals surface area contributed by atoms with Crippen LogP contribution < -0.4 is 5.56 Å². The van der Waals surface area contributed by atoms with Gasteiger partial charge in [0.25, 0.3) is 5.56 Å². The van der Waals surface area contributed by atoms with Gasteiger partial charge in [-0.25, -0.2) is 9.78 Å². The standard InChI is InChI=1S/C17H18N2O6S/c1-9(20)8-19-14(21)11-4-3-10(15(22)24-2)7-12(11)18-17(19)26-13-5-6-25-16(13)23/h3-4,7,9,13,20H,5-6,8H2,1-2H3/t9-,13+/m1/s1. The number of aliphatic hydroxyl groups is 1. The molecule has 26 heavy (non-hydrogen) atoms. The van der Waals surface area contributed by atoms with Gasteiger partial charge in [0.2, 0.25) is 0 Å². The molecule has 3 rings (SSSR count). The highest BCUT2D eigenvalue weighted by Gasteiger charge is 2.29. The molecule has 0 spiro atoms. The second-order valence-corrected chi connectivity index (χ2v) is 7.12. The molecule has 1 saturated heterocycles. The molecule has 0 saturated carbocycles. The molecule has 1 aliphatic heterocycles. The van der Waals surface area contributed by atoms with Crippen LogP contribution in [0.1, 0.15) is 23.7 Å². The molecule has 8 nitrogen and oxygen atoms in total. The molecule has 138 valence electrons. The van der Waals surface area contributed by atoms with Crippen LogP contribution in [0.4, 0.5) is 0 Å². The highest BCUT2D eigenvalue weighted by molar-refractivity contribution is 8.00. The van der Waals surface area contributed by atoms with Gasteiger partial charge in [-0.05, 0) is 25.1 Å². The summed E-state index contributed by atoms with van der Waals surface area (Å²) in [5.74, 6) is -0.883. The summed E-state index contributed by atoms with van der Waals surface area (Å²) in [6, 6.07) is 4.48. The molecule has 1 aliphatic rings. The van der Waals surface area contributed by atoms with Crippen molar-refractivity contribution in [3.63, 3.8) is 0 Å². The molecule has 1 aromatic heterocycles. The molecule has 1 N–H and O–H groups in total. The molecule has 0 bridgehead atoms. The maximum absolute atomic E-state index is 12.9. The van der Waals surface area contributed by atoms with E-state index in [-0.39, 0.29) is 23.6 Å². The number of carbonyl (C=O) groups excluding carboxylic acids is 2. The van der Waals surface area contributed by atoms with E-state index in [9.17, 15) is 19.5 Å². The van der Waals surface area contributed by atoms with Gasteiger partial charge in [0, 0.05) is 6.42 Å². The van der Waals surface area contributed by atoms with E-state index in [1.807, 2.05) is 0 Å². The zero-order valence-electron chi connectivity index (χ0n) is 14.3. The Hall–Kier alpha value is -2.39. The quantitative estimate of drug-likeness (QED) is 0.606. The Morgan fingerprint density at radius 2 is 2.27 bits per heavy atom. The number of hydrogen-bond acceptors (Lipinski definition) is 8. The van der Waals surface area contributed by atoms with Crippen LogP contribution in [0.5, 0.6) is 0 Å². The predicted octanol–water partition coefficient (Wildman–Crippen LogP) is 0.972. The predicted molar refractivity (Wildman–Crippen MR) is 94.2 cm³/mol. The molecule has 2 heterocycles. The van der Waals surface area contributed by atoms with Crippen molar-refractivity contribution >= 4 is 34.6 Å². The fourth-order valence-electron chi connectivity index (χ4n) is 2.67. The van der Waals surface area contributed by atoms with Gasteiger partial charge in [-0.2, -0.15) is 0 Å².